The van der Waals surface area contributed by atoms with E-state index in [0.29, 0.717) is 20.2 Å². The first kappa shape index (κ1) is 30.4. The highest BCUT2D eigenvalue weighted by Gasteiger charge is 2.15. The molecule has 2 rings (SSSR count). The van der Waals surface area contributed by atoms with Crippen LogP contribution in [0.2, 0.25) is 0 Å². The average Bonchev–Trinajstić information content (AvgIpc) is 3.47. The van der Waals surface area contributed by atoms with Gasteiger partial charge in [-0.1, -0.05) is 59.4 Å². The number of hydrogen-bond acceptors (Lipinski definition) is 17. The molecule has 192 valence electrons. The summed E-state index contributed by atoms with van der Waals surface area (Å²) in [6, 6.07) is 0. The number of nitrogens with zero attached hydrogens (tertiary/aromatic N) is 4. The first-order valence-corrected chi connectivity index (χ1v) is 16.7. The van der Waals surface area contributed by atoms with E-state index in [4.69, 9.17) is 9.47 Å². The van der Waals surface area contributed by atoms with Gasteiger partial charge in [0.05, 0.1) is 12.2 Å². The minimum atomic E-state index is -0.815. The maximum atomic E-state index is 11.3. The quantitative estimate of drug-likeness (QED) is 0.122. The van der Waals surface area contributed by atoms with E-state index in [1.54, 1.807) is 13.8 Å². The zero-order valence-corrected chi connectivity index (χ0v) is 24.3. The van der Waals surface area contributed by atoms with Crippen LogP contribution in [0.3, 0.4) is 0 Å². The van der Waals surface area contributed by atoms with Gasteiger partial charge in [-0.25, -0.2) is 9.59 Å². The number of thioether (sulfide) groups is 2. The molecule has 35 heavy (non-hydrogen) atoms. The minimum absolute atomic E-state index is 0.102. The van der Waals surface area contributed by atoms with Crippen molar-refractivity contribution < 1.29 is 29.3 Å². The summed E-state index contributed by atoms with van der Waals surface area (Å²) in [5.74, 6) is -0.418. The van der Waals surface area contributed by atoms with Crippen molar-refractivity contribution in [2.45, 2.75) is 43.4 Å². The Hall–Kier alpha value is -0.790. The zero-order valence-electron chi connectivity index (χ0n) is 18.6. The van der Waals surface area contributed by atoms with Gasteiger partial charge in [0.15, 0.2) is 17.4 Å². The number of carbonyl (C=O) groups is 2. The fourth-order valence-electron chi connectivity index (χ4n) is 1.67. The van der Waals surface area contributed by atoms with Gasteiger partial charge in [-0.05, 0) is 45.3 Å². The lowest BCUT2D eigenvalue weighted by atomic mass is 10.3. The van der Waals surface area contributed by atoms with Crippen LogP contribution in [0, 0.1) is 0 Å². The largest absolute Gasteiger partial charge is 0.460 e. The van der Waals surface area contributed by atoms with Gasteiger partial charge in [0.2, 0.25) is 0 Å². The Bertz CT molecular complexity index is 939. The van der Waals surface area contributed by atoms with Crippen LogP contribution in [0.15, 0.2) is 41.7 Å². The van der Waals surface area contributed by atoms with Crippen LogP contribution >= 0.6 is 77.6 Å². The van der Waals surface area contributed by atoms with Gasteiger partial charge in [0, 0.05) is 22.7 Å². The molecule has 2 atom stereocenters. The molecule has 10 nitrogen and oxygen atoms in total. The van der Waals surface area contributed by atoms with Crippen molar-refractivity contribution in [2.24, 2.45) is 0 Å². The van der Waals surface area contributed by atoms with Crippen molar-refractivity contribution in [3.63, 3.8) is 0 Å². The molecular weight excluding hydrogens is 593 g/mol. The van der Waals surface area contributed by atoms with Crippen molar-refractivity contribution in [3.05, 3.63) is 24.3 Å². The molecule has 2 heterocycles. The number of hydrogen-bond donors (Lipinski definition) is 2. The van der Waals surface area contributed by atoms with Crippen LogP contribution in [0.25, 0.3) is 0 Å². The normalized spacial score (nSPS) is 12.7. The van der Waals surface area contributed by atoms with Gasteiger partial charge >= 0.3 is 11.9 Å². The highest BCUT2D eigenvalue weighted by Crippen LogP contribution is 2.47. The number of aromatic nitrogens is 4. The maximum Gasteiger partial charge on any atom is 0.333 e. The highest BCUT2D eigenvalue weighted by atomic mass is 33.5. The van der Waals surface area contributed by atoms with E-state index in [1.165, 1.54) is 77.6 Å². The van der Waals surface area contributed by atoms with Crippen LogP contribution in [-0.4, -0.2) is 79.5 Å². The summed E-state index contributed by atoms with van der Waals surface area (Å²) in [4.78, 5) is 22.7. The molecule has 0 radical (unpaired) electrons. The summed E-state index contributed by atoms with van der Waals surface area (Å²) >= 11 is 5.46. The second kappa shape index (κ2) is 16.1. The van der Waals surface area contributed by atoms with Gasteiger partial charge in [-0.2, -0.15) is 0 Å². The maximum absolute atomic E-state index is 11.3. The Balaban J connectivity index is 1.64. The molecule has 0 fully saturated rings. The minimum Gasteiger partial charge on any atom is -0.460 e. The lowest BCUT2D eigenvalue weighted by Gasteiger charge is -2.09. The lowest BCUT2D eigenvalue weighted by molar-refractivity contribution is -0.142. The van der Waals surface area contributed by atoms with Crippen LogP contribution in [0.5, 0.6) is 0 Å². The fraction of sp³-hybridized carbons (Fsp3) is 0.444. The Kier molecular flexibility index (Phi) is 14.0. The molecule has 0 aliphatic carbocycles. The van der Waals surface area contributed by atoms with E-state index in [2.05, 4.69) is 33.6 Å². The number of aliphatic hydroxyl groups is 2. The average molecular weight is 615 g/mol. The highest BCUT2D eigenvalue weighted by molar-refractivity contribution is 9.09. The summed E-state index contributed by atoms with van der Waals surface area (Å²) in [6.45, 7) is 9.86. The summed E-state index contributed by atoms with van der Waals surface area (Å²) in [5, 5.41) is 36.2. The fourth-order valence-corrected chi connectivity index (χ4v) is 10.2. The van der Waals surface area contributed by atoms with Gasteiger partial charge in [-0.15, -0.1) is 20.4 Å². The molecule has 0 saturated carbocycles. The van der Waals surface area contributed by atoms with Crippen LogP contribution in [-0.2, 0) is 19.1 Å². The smallest absolute Gasteiger partial charge is 0.333 e. The van der Waals surface area contributed by atoms with Crippen molar-refractivity contribution in [1.82, 2.24) is 20.4 Å². The predicted octanol–water partition coefficient (Wildman–Crippen LogP) is 3.98. The molecular formula is C18H22N4O6S7. The Morgan fingerprint density at radius 1 is 0.800 bits per heavy atom. The van der Waals surface area contributed by atoms with Crippen LogP contribution in [0.4, 0.5) is 0 Å². The van der Waals surface area contributed by atoms with E-state index in [0.717, 1.165) is 8.68 Å². The second-order valence-electron chi connectivity index (χ2n) is 6.59. The molecule has 0 saturated heterocycles. The van der Waals surface area contributed by atoms with E-state index >= 15 is 0 Å². The van der Waals surface area contributed by atoms with Crippen molar-refractivity contribution in [2.75, 3.05) is 24.7 Å². The predicted molar refractivity (Wildman–Crippen MR) is 144 cm³/mol. The topological polar surface area (TPSA) is 145 Å². The molecule has 0 amide bonds. The monoisotopic (exact) mass is 614 g/mol. The summed E-state index contributed by atoms with van der Waals surface area (Å²) in [7, 11) is 4.33. The van der Waals surface area contributed by atoms with Crippen molar-refractivity contribution >= 4 is 89.5 Å². The zero-order chi connectivity index (χ0) is 25.8. The number of rotatable bonds is 16. The number of esters is 2. The van der Waals surface area contributed by atoms with Crippen LogP contribution in [0.1, 0.15) is 13.8 Å². The molecule has 0 aliphatic rings. The second-order valence-corrected chi connectivity index (χ2v) is 15.5. The summed E-state index contributed by atoms with van der Waals surface area (Å²) < 4.78 is 12.7. The van der Waals surface area contributed by atoms with Gasteiger partial charge in [-0.3, -0.25) is 0 Å². The van der Waals surface area contributed by atoms with Gasteiger partial charge < -0.3 is 19.7 Å². The van der Waals surface area contributed by atoms with Crippen LogP contribution < -0.4 is 0 Å². The molecule has 2 unspecified atom stereocenters. The van der Waals surface area contributed by atoms with E-state index in [1.807, 2.05) is 0 Å². The first-order chi connectivity index (χ1) is 16.6. The molecule has 2 N–H and O–H groups in total. The SMILES string of the molecule is C=C(C)C(=O)OCC(O)CSc1nnc(SSSc2nnc(SCC(O)COC(=O)C(=C)C)s2)s1. The number of aliphatic hydroxyl groups excluding tert-OH is 2. The molecule has 0 bridgehead atoms. The molecule has 0 aromatic carbocycles. The number of carbonyl (C=O) groups excluding carboxylic acids is 2. The molecule has 2 aromatic heterocycles. The van der Waals surface area contributed by atoms with Gasteiger partial charge in [0.1, 0.15) is 13.2 Å². The lowest BCUT2D eigenvalue weighted by Crippen LogP contribution is -2.21. The Morgan fingerprint density at radius 2 is 1.17 bits per heavy atom. The molecule has 2 aromatic rings. The standard InChI is InChI=1S/C18H22N4O6S7/c1-9(2)13(25)27-5-11(23)7-29-15-19-21-17(31-15)33-35-34-18-22-20-16(32-18)30-8-12(24)6-28-14(26)10(3)4/h11-12,23-24H,1,3,5-8H2,2,4H3. The summed E-state index contributed by atoms with van der Waals surface area (Å²) in [5.41, 5.74) is 0.569. The summed E-state index contributed by atoms with van der Waals surface area (Å²) in [6.07, 6.45) is -1.63. The van der Waals surface area contributed by atoms with Crippen molar-refractivity contribution in [3.8, 4) is 0 Å². The Labute approximate surface area is 230 Å². The van der Waals surface area contributed by atoms with E-state index < -0.39 is 24.1 Å². The molecule has 0 spiro atoms. The van der Waals surface area contributed by atoms with Gasteiger partial charge in [0.25, 0.3) is 0 Å². The first-order valence-electron chi connectivity index (χ1n) is 9.59. The van der Waals surface area contributed by atoms with Crippen molar-refractivity contribution in [1.29, 1.82) is 0 Å². The molecule has 0 aliphatic heterocycles. The van der Waals surface area contributed by atoms with E-state index in [9.17, 15) is 19.8 Å². The third-order valence-corrected chi connectivity index (χ3v) is 12.1. The molecule has 17 heteroatoms. The number of ether oxygens (including phenoxy) is 2. The third kappa shape index (κ3) is 12.3. The van der Waals surface area contributed by atoms with E-state index in [-0.39, 0.29) is 24.4 Å². The Morgan fingerprint density at radius 3 is 1.54 bits per heavy atom. The third-order valence-electron chi connectivity index (χ3n) is 3.30.